The van der Waals surface area contributed by atoms with E-state index in [2.05, 4.69) is 22.3 Å². The van der Waals surface area contributed by atoms with Crippen LogP contribution in [0.2, 0.25) is 0 Å². The number of amides is 1. The van der Waals surface area contributed by atoms with Crippen LogP contribution in [-0.4, -0.2) is 43.5 Å². The summed E-state index contributed by atoms with van der Waals surface area (Å²) in [5.74, 6) is -0.251. The van der Waals surface area contributed by atoms with Gasteiger partial charge in [0.2, 0.25) is 5.91 Å². The van der Waals surface area contributed by atoms with E-state index in [1.165, 1.54) is 17.8 Å². The number of benzene rings is 2. The van der Waals surface area contributed by atoms with E-state index in [1.54, 1.807) is 6.07 Å². The van der Waals surface area contributed by atoms with E-state index in [4.69, 9.17) is 0 Å². The van der Waals surface area contributed by atoms with E-state index in [0.29, 0.717) is 18.8 Å². The second kappa shape index (κ2) is 7.34. The Labute approximate surface area is 141 Å². The molecule has 0 unspecified atom stereocenters. The molecule has 1 saturated heterocycles. The van der Waals surface area contributed by atoms with Crippen LogP contribution in [0, 0.1) is 12.7 Å². The highest BCUT2D eigenvalue weighted by molar-refractivity contribution is 5.81. The third-order valence-corrected chi connectivity index (χ3v) is 4.38. The SMILES string of the molecule is Cc1ccc(F)cc1NCC(=O)N1CCN(c2ccccc2)CC1. The van der Waals surface area contributed by atoms with Gasteiger partial charge in [-0.25, -0.2) is 4.39 Å². The monoisotopic (exact) mass is 327 g/mol. The number of rotatable bonds is 4. The van der Waals surface area contributed by atoms with Crippen LogP contribution in [0.5, 0.6) is 0 Å². The molecule has 24 heavy (non-hydrogen) atoms. The van der Waals surface area contributed by atoms with Crippen molar-refractivity contribution in [1.82, 2.24) is 4.90 Å². The number of para-hydroxylation sites is 1. The van der Waals surface area contributed by atoms with Gasteiger partial charge in [0.05, 0.1) is 6.54 Å². The molecule has 0 saturated carbocycles. The highest BCUT2D eigenvalue weighted by atomic mass is 19.1. The lowest BCUT2D eigenvalue weighted by molar-refractivity contribution is -0.129. The van der Waals surface area contributed by atoms with Crippen LogP contribution >= 0.6 is 0 Å². The van der Waals surface area contributed by atoms with Gasteiger partial charge in [-0.3, -0.25) is 4.79 Å². The summed E-state index contributed by atoms with van der Waals surface area (Å²) in [6.07, 6.45) is 0. The van der Waals surface area contributed by atoms with Crippen molar-refractivity contribution in [2.45, 2.75) is 6.92 Å². The van der Waals surface area contributed by atoms with Crippen molar-refractivity contribution in [3.63, 3.8) is 0 Å². The number of aryl methyl sites for hydroxylation is 1. The molecule has 1 fully saturated rings. The molecule has 1 aliphatic rings. The first-order valence-corrected chi connectivity index (χ1v) is 8.21. The van der Waals surface area contributed by atoms with Crippen molar-refractivity contribution in [1.29, 1.82) is 0 Å². The van der Waals surface area contributed by atoms with E-state index >= 15 is 0 Å². The lowest BCUT2D eigenvalue weighted by atomic mass is 10.2. The Hall–Kier alpha value is -2.56. The van der Waals surface area contributed by atoms with Gasteiger partial charge in [0, 0.05) is 37.6 Å². The Balaban J connectivity index is 1.51. The van der Waals surface area contributed by atoms with Crippen molar-refractivity contribution in [3.05, 3.63) is 59.9 Å². The zero-order valence-corrected chi connectivity index (χ0v) is 13.8. The number of carbonyl (C=O) groups excluding carboxylic acids is 1. The van der Waals surface area contributed by atoms with Gasteiger partial charge in [-0.05, 0) is 36.8 Å². The molecule has 126 valence electrons. The van der Waals surface area contributed by atoms with E-state index in [0.717, 1.165) is 18.7 Å². The summed E-state index contributed by atoms with van der Waals surface area (Å²) in [6.45, 7) is 5.15. The van der Waals surface area contributed by atoms with E-state index < -0.39 is 0 Å². The minimum absolute atomic E-state index is 0.0476. The predicted octanol–water partition coefficient (Wildman–Crippen LogP) is 2.89. The van der Waals surface area contributed by atoms with E-state index in [1.807, 2.05) is 30.0 Å². The third kappa shape index (κ3) is 3.85. The second-order valence-electron chi connectivity index (χ2n) is 6.02. The lowest BCUT2D eigenvalue weighted by Crippen LogP contribution is -2.50. The van der Waals surface area contributed by atoms with Crippen LogP contribution in [-0.2, 0) is 4.79 Å². The van der Waals surface area contributed by atoms with Gasteiger partial charge < -0.3 is 15.1 Å². The predicted molar refractivity (Wildman–Crippen MR) is 94.9 cm³/mol. The quantitative estimate of drug-likeness (QED) is 0.938. The minimum Gasteiger partial charge on any atom is -0.376 e. The maximum Gasteiger partial charge on any atom is 0.241 e. The van der Waals surface area contributed by atoms with Gasteiger partial charge in [0.15, 0.2) is 0 Å². The van der Waals surface area contributed by atoms with Crippen LogP contribution in [0.1, 0.15) is 5.56 Å². The van der Waals surface area contributed by atoms with E-state index in [9.17, 15) is 9.18 Å². The Morgan fingerprint density at radius 3 is 2.50 bits per heavy atom. The van der Waals surface area contributed by atoms with Crippen molar-refractivity contribution in [2.75, 3.05) is 42.9 Å². The van der Waals surface area contributed by atoms with Gasteiger partial charge in [-0.15, -0.1) is 0 Å². The normalized spacial score (nSPS) is 14.6. The van der Waals surface area contributed by atoms with Crippen LogP contribution < -0.4 is 10.2 Å². The van der Waals surface area contributed by atoms with E-state index in [-0.39, 0.29) is 18.3 Å². The topological polar surface area (TPSA) is 35.6 Å². The number of nitrogens with zero attached hydrogens (tertiary/aromatic N) is 2. The fourth-order valence-electron chi connectivity index (χ4n) is 2.92. The molecule has 1 aliphatic heterocycles. The smallest absolute Gasteiger partial charge is 0.241 e. The first-order valence-electron chi connectivity index (χ1n) is 8.21. The molecule has 0 bridgehead atoms. The Morgan fingerprint density at radius 2 is 1.79 bits per heavy atom. The fourth-order valence-corrected chi connectivity index (χ4v) is 2.92. The first kappa shape index (κ1) is 16.3. The zero-order valence-electron chi connectivity index (χ0n) is 13.8. The molecule has 5 heteroatoms. The molecule has 0 radical (unpaired) electrons. The largest absolute Gasteiger partial charge is 0.376 e. The van der Waals surface area contributed by atoms with Crippen LogP contribution in [0.15, 0.2) is 48.5 Å². The molecule has 1 N–H and O–H groups in total. The molecule has 0 aliphatic carbocycles. The number of nitrogens with one attached hydrogen (secondary N) is 1. The summed E-state index contributed by atoms with van der Waals surface area (Å²) in [7, 11) is 0. The highest BCUT2D eigenvalue weighted by Crippen LogP contribution is 2.17. The molecular weight excluding hydrogens is 305 g/mol. The molecule has 1 heterocycles. The fraction of sp³-hybridized carbons (Fsp3) is 0.316. The number of carbonyl (C=O) groups is 1. The van der Waals surface area contributed by atoms with Crippen molar-refractivity contribution in [3.8, 4) is 0 Å². The molecular formula is C19H22FN3O. The molecule has 3 rings (SSSR count). The van der Waals surface area contributed by atoms with Crippen molar-refractivity contribution < 1.29 is 9.18 Å². The van der Waals surface area contributed by atoms with Crippen LogP contribution in [0.25, 0.3) is 0 Å². The maximum absolute atomic E-state index is 13.3. The summed E-state index contributed by atoms with van der Waals surface area (Å²) >= 11 is 0. The van der Waals surface area contributed by atoms with Gasteiger partial charge in [-0.1, -0.05) is 24.3 Å². The average Bonchev–Trinajstić information content (AvgIpc) is 2.63. The summed E-state index contributed by atoms with van der Waals surface area (Å²) in [4.78, 5) is 16.5. The molecule has 2 aromatic carbocycles. The Kier molecular flexibility index (Phi) is 4.99. The Morgan fingerprint density at radius 1 is 1.08 bits per heavy atom. The molecule has 0 aromatic heterocycles. The van der Waals surface area contributed by atoms with Gasteiger partial charge >= 0.3 is 0 Å². The molecule has 1 amide bonds. The Bertz CT molecular complexity index is 697. The molecule has 4 nitrogen and oxygen atoms in total. The first-order chi connectivity index (χ1) is 11.6. The van der Waals surface area contributed by atoms with Gasteiger partial charge in [-0.2, -0.15) is 0 Å². The summed E-state index contributed by atoms with van der Waals surface area (Å²) in [6, 6.07) is 14.8. The summed E-state index contributed by atoms with van der Waals surface area (Å²) < 4.78 is 13.3. The highest BCUT2D eigenvalue weighted by Gasteiger charge is 2.21. The number of anilines is 2. The standard InChI is InChI=1S/C19H22FN3O/c1-15-7-8-16(20)13-18(15)21-14-19(24)23-11-9-22(10-12-23)17-5-3-2-4-6-17/h2-8,13,21H,9-12,14H2,1H3. The maximum atomic E-state index is 13.3. The number of halogens is 1. The lowest BCUT2D eigenvalue weighted by Gasteiger charge is -2.36. The summed E-state index contributed by atoms with van der Waals surface area (Å²) in [5, 5.41) is 3.05. The van der Waals surface area contributed by atoms with Gasteiger partial charge in [0.25, 0.3) is 0 Å². The van der Waals surface area contributed by atoms with Crippen molar-refractivity contribution in [2.24, 2.45) is 0 Å². The number of hydrogen-bond acceptors (Lipinski definition) is 3. The average molecular weight is 327 g/mol. The molecule has 0 spiro atoms. The molecule has 2 aromatic rings. The number of piperazine rings is 1. The zero-order chi connectivity index (χ0) is 16.9. The minimum atomic E-state index is -0.299. The van der Waals surface area contributed by atoms with Crippen molar-refractivity contribution >= 4 is 17.3 Å². The summed E-state index contributed by atoms with van der Waals surface area (Å²) in [5.41, 5.74) is 2.79. The second-order valence-corrected chi connectivity index (χ2v) is 6.02. The number of hydrogen-bond donors (Lipinski definition) is 1. The molecule has 0 atom stereocenters. The van der Waals surface area contributed by atoms with Gasteiger partial charge in [0.1, 0.15) is 5.82 Å². The van der Waals surface area contributed by atoms with Crippen LogP contribution in [0.4, 0.5) is 15.8 Å². The third-order valence-electron chi connectivity index (χ3n) is 4.38. The van der Waals surface area contributed by atoms with Crippen LogP contribution in [0.3, 0.4) is 0 Å².